The van der Waals surface area contributed by atoms with E-state index < -0.39 is 0 Å². The average Bonchev–Trinajstić information content (AvgIpc) is 2.17. The quantitative estimate of drug-likeness (QED) is 0.675. The zero-order valence-corrected chi connectivity index (χ0v) is 10.8. The highest BCUT2D eigenvalue weighted by molar-refractivity contribution is 9.09. The van der Waals surface area contributed by atoms with Crippen LogP contribution in [0.15, 0.2) is 24.3 Å². The molecule has 14 heavy (non-hydrogen) atoms. The molecular weight excluding hydrogens is 259 g/mol. The second-order valence-electron chi connectivity index (χ2n) is 3.53. The van der Waals surface area contributed by atoms with Gasteiger partial charge >= 0.3 is 0 Å². The first kappa shape index (κ1) is 12.1. The van der Waals surface area contributed by atoms with E-state index in [1.807, 2.05) is 12.1 Å². The molecule has 0 radical (unpaired) electrons. The van der Waals surface area contributed by atoms with Crippen molar-refractivity contribution in [3.05, 3.63) is 34.9 Å². The van der Waals surface area contributed by atoms with E-state index >= 15 is 0 Å². The topological polar surface area (TPSA) is 0 Å². The Bertz CT molecular complexity index is 273. The molecule has 0 nitrogen and oxygen atoms in total. The van der Waals surface area contributed by atoms with Gasteiger partial charge in [-0.1, -0.05) is 46.6 Å². The van der Waals surface area contributed by atoms with Crippen LogP contribution in [-0.2, 0) is 6.42 Å². The standard InChI is InChI=1S/C12H16BrCl/c1-2-11(13)7-3-5-10-6-4-8-12(14)9-10/h4,6,8-9,11H,2-3,5,7H2,1H3. The second kappa shape index (κ2) is 6.47. The molecule has 0 aromatic heterocycles. The molecule has 78 valence electrons. The lowest BCUT2D eigenvalue weighted by molar-refractivity contribution is 0.690. The molecule has 1 unspecified atom stereocenters. The maximum atomic E-state index is 5.90. The first-order chi connectivity index (χ1) is 6.72. The third-order valence-corrected chi connectivity index (χ3v) is 3.66. The van der Waals surface area contributed by atoms with Crippen LogP contribution in [0, 0.1) is 0 Å². The van der Waals surface area contributed by atoms with E-state index in [1.54, 1.807) is 0 Å². The smallest absolute Gasteiger partial charge is 0.0408 e. The average molecular weight is 276 g/mol. The van der Waals surface area contributed by atoms with Crippen molar-refractivity contribution in [1.29, 1.82) is 0 Å². The molecule has 2 heteroatoms. The van der Waals surface area contributed by atoms with Gasteiger partial charge in [-0.3, -0.25) is 0 Å². The molecule has 0 aliphatic heterocycles. The molecular formula is C12H16BrCl. The zero-order chi connectivity index (χ0) is 10.4. The van der Waals surface area contributed by atoms with E-state index in [-0.39, 0.29) is 0 Å². The highest BCUT2D eigenvalue weighted by Crippen LogP contribution is 2.16. The first-order valence-electron chi connectivity index (χ1n) is 5.11. The fourth-order valence-electron chi connectivity index (χ4n) is 1.42. The van der Waals surface area contributed by atoms with Gasteiger partial charge in [-0.05, 0) is 43.4 Å². The lowest BCUT2D eigenvalue weighted by Crippen LogP contribution is -1.96. The lowest BCUT2D eigenvalue weighted by Gasteiger charge is -2.06. The van der Waals surface area contributed by atoms with E-state index in [0.29, 0.717) is 4.83 Å². The van der Waals surface area contributed by atoms with Crippen molar-refractivity contribution in [2.75, 3.05) is 0 Å². The summed E-state index contributed by atoms with van der Waals surface area (Å²) in [5, 5.41) is 0.841. The number of aryl methyl sites for hydroxylation is 1. The number of halogens is 2. The number of alkyl halides is 1. The number of benzene rings is 1. The predicted molar refractivity (Wildman–Crippen MR) is 67.4 cm³/mol. The Morgan fingerprint density at radius 2 is 2.21 bits per heavy atom. The largest absolute Gasteiger partial charge is 0.0891 e. The van der Waals surface area contributed by atoms with Crippen molar-refractivity contribution < 1.29 is 0 Å². The van der Waals surface area contributed by atoms with Crippen LogP contribution in [0.25, 0.3) is 0 Å². The zero-order valence-electron chi connectivity index (χ0n) is 8.47. The fraction of sp³-hybridized carbons (Fsp3) is 0.500. The van der Waals surface area contributed by atoms with Gasteiger partial charge in [0.15, 0.2) is 0 Å². The van der Waals surface area contributed by atoms with Crippen LogP contribution in [0.4, 0.5) is 0 Å². The molecule has 0 spiro atoms. The Morgan fingerprint density at radius 3 is 2.86 bits per heavy atom. The van der Waals surface area contributed by atoms with Gasteiger partial charge in [-0.15, -0.1) is 0 Å². The number of hydrogen-bond donors (Lipinski definition) is 0. The Hall–Kier alpha value is -0.0100. The minimum Gasteiger partial charge on any atom is -0.0891 e. The molecule has 0 saturated heterocycles. The third kappa shape index (κ3) is 4.47. The van der Waals surface area contributed by atoms with Gasteiger partial charge in [0.05, 0.1) is 0 Å². The van der Waals surface area contributed by atoms with Crippen molar-refractivity contribution in [2.45, 2.75) is 37.4 Å². The van der Waals surface area contributed by atoms with E-state index in [2.05, 4.69) is 35.0 Å². The molecule has 0 aliphatic carbocycles. The SMILES string of the molecule is CCC(Br)CCCc1cccc(Cl)c1. The van der Waals surface area contributed by atoms with Crippen molar-refractivity contribution in [3.8, 4) is 0 Å². The fourth-order valence-corrected chi connectivity index (χ4v) is 1.96. The van der Waals surface area contributed by atoms with Gasteiger partial charge < -0.3 is 0 Å². The van der Waals surface area contributed by atoms with Gasteiger partial charge in [-0.25, -0.2) is 0 Å². The summed E-state index contributed by atoms with van der Waals surface area (Å²) in [5.74, 6) is 0. The maximum absolute atomic E-state index is 5.90. The molecule has 0 heterocycles. The molecule has 0 amide bonds. The summed E-state index contributed by atoms with van der Waals surface area (Å²) >= 11 is 9.54. The number of rotatable bonds is 5. The van der Waals surface area contributed by atoms with Crippen molar-refractivity contribution in [2.24, 2.45) is 0 Å². The highest BCUT2D eigenvalue weighted by atomic mass is 79.9. The number of hydrogen-bond acceptors (Lipinski definition) is 0. The van der Waals surface area contributed by atoms with E-state index in [1.165, 1.54) is 24.8 Å². The normalized spacial score (nSPS) is 12.8. The van der Waals surface area contributed by atoms with Crippen molar-refractivity contribution in [1.82, 2.24) is 0 Å². The first-order valence-corrected chi connectivity index (χ1v) is 6.40. The van der Waals surface area contributed by atoms with Gasteiger partial charge in [0.1, 0.15) is 0 Å². The highest BCUT2D eigenvalue weighted by Gasteiger charge is 2.00. The summed E-state index contributed by atoms with van der Waals surface area (Å²) in [4.78, 5) is 0.668. The van der Waals surface area contributed by atoms with Gasteiger partial charge in [0, 0.05) is 9.85 Å². The minimum absolute atomic E-state index is 0.668. The van der Waals surface area contributed by atoms with Crippen molar-refractivity contribution >= 4 is 27.5 Å². The third-order valence-electron chi connectivity index (χ3n) is 2.31. The second-order valence-corrected chi connectivity index (χ2v) is 5.26. The van der Waals surface area contributed by atoms with Crippen LogP contribution < -0.4 is 0 Å². The summed E-state index contributed by atoms with van der Waals surface area (Å²) in [6, 6.07) is 8.13. The van der Waals surface area contributed by atoms with Crippen LogP contribution >= 0.6 is 27.5 Å². The Labute approximate surface area is 99.8 Å². The van der Waals surface area contributed by atoms with Gasteiger partial charge in [0.25, 0.3) is 0 Å². The van der Waals surface area contributed by atoms with Crippen LogP contribution in [0.5, 0.6) is 0 Å². The lowest BCUT2D eigenvalue weighted by atomic mass is 10.1. The summed E-state index contributed by atoms with van der Waals surface area (Å²) in [6.07, 6.45) is 4.80. The minimum atomic E-state index is 0.668. The summed E-state index contributed by atoms with van der Waals surface area (Å²) < 4.78 is 0. The van der Waals surface area contributed by atoms with Crippen LogP contribution in [-0.4, -0.2) is 4.83 Å². The Morgan fingerprint density at radius 1 is 1.43 bits per heavy atom. The molecule has 0 saturated carbocycles. The van der Waals surface area contributed by atoms with E-state index in [4.69, 9.17) is 11.6 Å². The van der Waals surface area contributed by atoms with Gasteiger partial charge in [-0.2, -0.15) is 0 Å². The molecule has 1 atom stereocenters. The van der Waals surface area contributed by atoms with Crippen LogP contribution in [0.1, 0.15) is 31.7 Å². The molecule has 0 aliphatic rings. The molecule has 1 aromatic rings. The molecule has 1 rings (SSSR count). The Kier molecular flexibility index (Phi) is 5.57. The van der Waals surface area contributed by atoms with Crippen molar-refractivity contribution in [3.63, 3.8) is 0 Å². The van der Waals surface area contributed by atoms with Crippen LogP contribution in [0.3, 0.4) is 0 Å². The molecule has 0 fully saturated rings. The van der Waals surface area contributed by atoms with Crippen LogP contribution in [0.2, 0.25) is 5.02 Å². The van der Waals surface area contributed by atoms with Gasteiger partial charge in [0.2, 0.25) is 0 Å². The Balaban J connectivity index is 2.31. The summed E-state index contributed by atoms with van der Waals surface area (Å²) in [5.41, 5.74) is 1.34. The molecule has 0 bridgehead atoms. The summed E-state index contributed by atoms with van der Waals surface area (Å²) in [7, 11) is 0. The summed E-state index contributed by atoms with van der Waals surface area (Å²) in [6.45, 7) is 2.21. The monoisotopic (exact) mass is 274 g/mol. The maximum Gasteiger partial charge on any atom is 0.0408 e. The predicted octanol–water partition coefficient (Wildman–Crippen LogP) is 4.84. The molecule has 1 aromatic carbocycles. The van der Waals surface area contributed by atoms with E-state index in [0.717, 1.165) is 11.4 Å². The molecule has 0 N–H and O–H groups in total. The van der Waals surface area contributed by atoms with E-state index in [9.17, 15) is 0 Å².